The third kappa shape index (κ3) is 3.98. The summed E-state index contributed by atoms with van der Waals surface area (Å²) in [6.45, 7) is 0.831. The number of hydrogen-bond acceptors (Lipinski definition) is 6. The molecule has 0 saturated carbocycles. The topological polar surface area (TPSA) is 96.3 Å². The summed E-state index contributed by atoms with van der Waals surface area (Å²) in [4.78, 5) is 27.5. The molecule has 2 heterocycles. The maximum absolute atomic E-state index is 13.1. The normalized spacial score (nSPS) is 22.8. The molecule has 2 saturated heterocycles. The van der Waals surface area contributed by atoms with E-state index in [1.165, 1.54) is 30.2 Å². The highest BCUT2D eigenvalue weighted by Gasteiger charge is 2.47. The Labute approximate surface area is 184 Å². The number of ketones is 1. The van der Waals surface area contributed by atoms with Crippen LogP contribution in [0.3, 0.4) is 0 Å². The molecule has 2 aromatic carbocycles. The molecular weight excluding hydrogens is 422 g/mol. The van der Waals surface area contributed by atoms with Crippen LogP contribution in [-0.2, 0) is 14.3 Å². The van der Waals surface area contributed by atoms with Gasteiger partial charge in [0.15, 0.2) is 0 Å². The van der Waals surface area contributed by atoms with Crippen LogP contribution in [0, 0.1) is 0 Å². The first kappa shape index (κ1) is 21.2. The van der Waals surface area contributed by atoms with Gasteiger partial charge in [-0.3, -0.25) is 9.59 Å². The zero-order valence-corrected chi connectivity index (χ0v) is 17.6. The number of phenols is 1. The first-order valence-electron chi connectivity index (χ1n) is 9.93. The number of benzene rings is 2. The molecular formula is C23H22ClNO6. The Kier molecular flexibility index (Phi) is 5.89. The fourth-order valence-corrected chi connectivity index (χ4v) is 4.26. The fraction of sp³-hybridized carbons (Fsp3) is 0.304. The van der Waals surface area contributed by atoms with Gasteiger partial charge in [0, 0.05) is 18.2 Å². The third-order valence-electron chi connectivity index (χ3n) is 5.59. The second-order valence-electron chi connectivity index (χ2n) is 7.52. The van der Waals surface area contributed by atoms with Gasteiger partial charge in [0.1, 0.15) is 17.3 Å². The minimum Gasteiger partial charge on any atom is -0.508 e. The Hall–Kier alpha value is -3.03. The molecule has 4 rings (SSSR count). The lowest BCUT2D eigenvalue weighted by atomic mass is 9.94. The Morgan fingerprint density at radius 3 is 2.61 bits per heavy atom. The maximum Gasteiger partial charge on any atom is 0.295 e. The number of Topliss-reactive ketones (excluding diaryl/α,β-unsaturated/α-hetero) is 1. The molecule has 8 heteroatoms. The van der Waals surface area contributed by atoms with Crippen molar-refractivity contribution in [2.75, 3.05) is 20.3 Å². The number of likely N-dealkylation sites (tertiary alicyclic amines) is 1. The summed E-state index contributed by atoms with van der Waals surface area (Å²) in [6.07, 6.45) is 1.49. The number of ether oxygens (including phenoxy) is 2. The van der Waals surface area contributed by atoms with Gasteiger partial charge in [-0.2, -0.15) is 0 Å². The van der Waals surface area contributed by atoms with Crippen molar-refractivity contribution in [3.63, 3.8) is 0 Å². The highest BCUT2D eigenvalue weighted by molar-refractivity contribution is 6.46. The predicted molar refractivity (Wildman–Crippen MR) is 114 cm³/mol. The van der Waals surface area contributed by atoms with Crippen molar-refractivity contribution in [1.29, 1.82) is 0 Å². The maximum atomic E-state index is 13.1. The Bertz CT molecular complexity index is 1040. The molecule has 2 aliphatic rings. The standard InChI is InChI=1S/C23H22ClNO6/c1-30-18-9-6-14(24)11-17(18)21(27)19-20(13-4-7-15(26)8-5-13)25(23(29)22(19)28)12-16-3-2-10-31-16/h4-9,11,16,20,26-27H,2-3,10,12H2,1H3/b21-19+. The van der Waals surface area contributed by atoms with Gasteiger partial charge in [-0.1, -0.05) is 23.7 Å². The van der Waals surface area contributed by atoms with E-state index in [1.807, 2.05) is 0 Å². The van der Waals surface area contributed by atoms with E-state index < -0.39 is 17.7 Å². The molecule has 0 spiro atoms. The number of hydrogen-bond donors (Lipinski definition) is 2. The van der Waals surface area contributed by atoms with Crippen LogP contribution in [0.2, 0.25) is 5.02 Å². The van der Waals surface area contributed by atoms with Crippen molar-refractivity contribution in [1.82, 2.24) is 4.90 Å². The van der Waals surface area contributed by atoms with E-state index in [0.717, 1.165) is 12.8 Å². The van der Waals surface area contributed by atoms with Crippen molar-refractivity contribution in [3.05, 3.63) is 64.2 Å². The van der Waals surface area contributed by atoms with Crippen LogP contribution in [0.5, 0.6) is 11.5 Å². The number of rotatable bonds is 5. The third-order valence-corrected chi connectivity index (χ3v) is 5.82. The van der Waals surface area contributed by atoms with E-state index in [4.69, 9.17) is 21.1 Å². The quantitative estimate of drug-likeness (QED) is 0.416. The molecule has 31 heavy (non-hydrogen) atoms. The summed E-state index contributed by atoms with van der Waals surface area (Å²) in [5, 5.41) is 21.2. The number of methoxy groups -OCH3 is 1. The van der Waals surface area contributed by atoms with Gasteiger partial charge in [-0.25, -0.2) is 0 Å². The summed E-state index contributed by atoms with van der Waals surface area (Å²) in [7, 11) is 1.44. The summed E-state index contributed by atoms with van der Waals surface area (Å²) in [5.41, 5.74) is 0.737. The van der Waals surface area contributed by atoms with Gasteiger partial charge in [0.25, 0.3) is 11.7 Å². The molecule has 2 fully saturated rings. The molecule has 0 aromatic heterocycles. The Morgan fingerprint density at radius 1 is 1.23 bits per heavy atom. The molecule has 1 amide bonds. The number of carbonyl (C=O) groups excluding carboxylic acids is 2. The zero-order valence-electron chi connectivity index (χ0n) is 16.9. The van der Waals surface area contributed by atoms with E-state index in [1.54, 1.807) is 24.3 Å². The summed E-state index contributed by atoms with van der Waals surface area (Å²) in [6, 6.07) is 10.0. The number of amides is 1. The molecule has 162 valence electrons. The lowest BCUT2D eigenvalue weighted by Crippen LogP contribution is -2.36. The second-order valence-corrected chi connectivity index (χ2v) is 7.96. The van der Waals surface area contributed by atoms with E-state index in [-0.39, 0.29) is 35.3 Å². The number of carbonyl (C=O) groups is 2. The second kappa shape index (κ2) is 8.61. The predicted octanol–water partition coefficient (Wildman–Crippen LogP) is 3.65. The zero-order chi connectivity index (χ0) is 22.1. The van der Waals surface area contributed by atoms with Crippen LogP contribution in [0.4, 0.5) is 0 Å². The highest BCUT2D eigenvalue weighted by Crippen LogP contribution is 2.42. The lowest BCUT2D eigenvalue weighted by Gasteiger charge is -2.27. The summed E-state index contributed by atoms with van der Waals surface area (Å²) >= 11 is 6.11. The van der Waals surface area contributed by atoms with Crippen LogP contribution in [-0.4, -0.2) is 53.2 Å². The highest BCUT2D eigenvalue weighted by atomic mass is 35.5. The molecule has 7 nitrogen and oxygen atoms in total. The molecule has 2 aromatic rings. The van der Waals surface area contributed by atoms with Crippen LogP contribution in [0.15, 0.2) is 48.0 Å². The molecule has 0 bridgehead atoms. The molecule has 2 aliphatic heterocycles. The van der Waals surface area contributed by atoms with Crippen LogP contribution in [0.25, 0.3) is 5.76 Å². The number of aliphatic hydroxyl groups is 1. The van der Waals surface area contributed by atoms with Crippen LogP contribution < -0.4 is 4.74 Å². The van der Waals surface area contributed by atoms with Gasteiger partial charge in [-0.05, 0) is 48.7 Å². The molecule has 2 unspecified atom stereocenters. The molecule has 0 aliphatic carbocycles. The van der Waals surface area contributed by atoms with Gasteiger partial charge in [0.05, 0.1) is 30.4 Å². The fourth-order valence-electron chi connectivity index (χ4n) is 4.09. The first-order chi connectivity index (χ1) is 14.9. The van der Waals surface area contributed by atoms with Crippen molar-refractivity contribution < 1.29 is 29.3 Å². The number of phenolic OH excluding ortho intramolecular Hbond substituents is 1. The van der Waals surface area contributed by atoms with Crippen LogP contribution >= 0.6 is 11.6 Å². The van der Waals surface area contributed by atoms with E-state index in [2.05, 4.69) is 0 Å². The summed E-state index contributed by atoms with van der Waals surface area (Å²) < 4.78 is 11.0. The van der Waals surface area contributed by atoms with E-state index >= 15 is 0 Å². The van der Waals surface area contributed by atoms with Crippen LogP contribution in [0.1, 0.15) is 30.0 Å². The Balaban J connectivity index is 1.87. The van der Waals surface area contributed by atoms with Crippen molar-refractivity contribution in [3.8, 4) is 11.5 Å². The van der Waals surface area contributed by atoms with Crippen molar-refractivity contribution in [2.24, 2.45) is 0 Å². The SMILES string of the molecule is COc1ccc(Cl)cc1/C(O)=C1\C(=O)C(=O)N(CC2CCCO2)C1c1ccc(O)cc1. The van der Waals surface area contributed by atoms with E-state index in [0.29, 0.717) is 22.9 Å². The smallest absolute Gasteiger partial charge is 0.295 e. The average molecular weight is 444 g/mol. The van der Waals surface area contributed by atoms with Gasteiger partial charge >= 0.3 is 0 Å². The Morgan fingerprint density at radius 2 is 1.97 bits per heavy atom. The lowest BCUT2D eigenvalue weighted by molar-refractivity contribution is -0.140. The largest absolute Gasteiger partial charge is 0.508 e. The number of nitrogens with zero attached hydrogens (tertiary/aromatic N) is 1. The molecule has 0 radical (unpaired) electrons. The van der Waals surface area contributed by atoms with Crippen molar-refractivity contribution >= 4 is 29.1 Å². The van der Waals surface area contributed by atoms with Gasteiger partial charge < -0.3 is 24.6 Å². The number of aromatic hydroxyl groups is 1. The van der Waals surface area contributed by atoms with Gasteiger partial charge in [0.2, 0.25) is 0 Å². The summed E-state index contributed by atoms with van der Waals surface area (Å²) in [5.74, 6) is -1.51. The number of aliphatic hydroxyl groups excluding tert-OH is 1. The average Bonchev–Trinajstić information content (AvgIpc) is 3.36. The minimum atomic E-state index is -0.839. The van der Waals surface area contributed by atoms with Gasteiger partial charge in [-0.15, -0.1) is 0 Å². The number of halogens is 1. The van der Waals surface area contributed by atoms with Crippen molar-refractivity contribution in [2.45, 2.75) is 25.0 Å². The van der Waals surface area contributed by atoms with E-state index in [9.17, 15) is 19.8 Å². The monoisotopic (exact) mass is 443 g/mol. The minimum absolute atomic E-state index is 0.0522. The molecule has 2 atom stereocenters. The first-order valence-corrected chi connectivity index (χ1v) is 10.3. The molecule has 2 N–H and O–H groups in total.